The Morgan fingerprint density at radius 2 is 1.64 bits per heavy atom. The first-order valence-corrected chi connectivity index (χ1v) is 7.20. The Morgan fingerprint density at radius 3 is 2.27 bits per heavy atom. The minimum atomic E-state index is -0.325. The fourth-order valence-electron chi connectivity index (χ4n) is 2.10. The van der Waals surface area contributed by atoms with Gasteiger partial charge in [-0.1, -0.05) is 36.4 Å². The van der Waals surface area contributed by atoms with Gasteiger partial charge in [-0.05, 0) is 24.3 Å². The normalized spacial score (nSPS) is 9.77. The molecule has 0 bridgehead atoms. The number of hydrogen-bond acceptors (Lipinski definition) is 4. The van der Waals surface area contributed by atoms with Gasteiger partial charge in [-0.2, -0.15) is 5.26 Å². The zero-order valence-corrected chi connectivity index (χ0v) is 12.3. The average molecular weight is 294 g/mol. The zero-order chi connectivity index (χ0) is 15.6. The van der Waals surface area contributed by atoms with E-state index >= 15 is 0 Å². The first-order chi connectivity index (χ1) is 10.8. The van der Waals surface area contributed by atoms with Crippen molar-refractivity contribution in [2.75, 3.05) is 24.6 Å². The molecule has 22 heavy (non-hydrogen) atoms. The van der Waals surface area contributed by atoms with Crippen LogP contribution in [0.15, 0.2) is 60.7 Å². The number of benzene rings is 2. The van der Waals surface area contributed by atoms with Gasteiger partial charge in [0.05, 0.1) is 24.6 Å². The Labute approximate surface area is 130 Å². The number of nitriles is 1. The molecule has 0 atom stereocenters. The maximum atomic E-state index is 11.9. The fraction of sp³-hybridized carbons (Fsp3) is 0.222. The van der Waals surface area contributed by atoms with Crippen LogP contribution in [0.5, 0.6) is 0 Å². The molecule has 0 aliphatic carbocycles. The fourth-order valence-corrected chi connectivity index (χ4v) is 2.10. The van der Waals surface area contributed by atoms with E-state index < -0.39 is 0 Å². The minimum Gasteiger partial charge on any atom is -0.460 e. The molecule has 0 aromatic heterocycles. The first-order valence-electron chi connectivity index (χ1n) is 7.20. The Kier molecular flexibility index (Phi) is 6.01. The summed E-state index contributed by atoms with van der Waals surface area (Å²) in [5.74, 6) is -0.325. The van der Waals surface area contributed by atoms with Crippen LogP contribution in [-0.4, -0.2) is 25.7 Å². The molecule has 0 amide bonds. The van der Waals surface area contributed by atoms with E-state index in [4.69, 9.17) is 10.00 Å². The molecule has 2 rings (SSSR count). The monoisotopic (exact) mass is 294 g/mol. The number of carbonyl (C=O) groups is 1. The Bertz CT molecular complexity index is 621. The molecule has 0 aliphatic rings. The van der Waals surface area contributed by atoms with Crippen LogP contribution in [0.3, 0.4) is 0 Å². The van der Waals surface area contributed by atoms with Crippen LogP contribution < -0.4 is 4.90 Å². The van der Waals surface area contributed by atoms with Crippen LogP contribution in [0.1, 0.15) is 16.8 Å². The van der Waals surface area contributed by atoms with Crippen molar-refractivity contribution in [3.8, 4) is 6.07 Å². The molecular formula is C18H18N2O2. The second-order valence-electron chi connectivity index (χ2n) is 4.73. The minimum absolute atomic E-state index is 0.286. The number of rotatable bonds is 7. The SMILES string of the molecule is N#CCCN(CCOC(=O)c1ccccc1)c1ccccc1. The Morgan fingerprint density at radius 1 is 1.00 bits per heavy atom. The lowest BCUT2D eigenvalue weighted by Gasteiger charge is -2.23. The summed E-state index contributed by atoms with van der Waals surface area (Å²) in [6.45, 7) is 1.46. The summed E-state index contributed by atoms with van der Waals surface area (Å²) in [5, 5.41) is 8.76. The van der Waals surface area contributed by atoms with Crippen molar-refractivity contribution in [1.29, 1.82) is 5.26 Å². The van der Waals surface area contributed by atoms with Gasteiger partial charge < -0.3 is 9.64 Å². The van der Waals surface area contributed by atoms with Crippen LogP contribution in [0.25, 0.3) is 0 Å². The van der Waals surface area contributed by atoms with Crippen molar-refractivity contribution in [1.82, 2.24) is 0 Å². The highest BCUT2D eigenvalue weighted by Gasteiger charge is 2.09. The highest BCUT2D eigenvalue weighted by atomic mass is 16.5. The molecular weight excluding hydrogens is 276 g/mol. The summed E-state index contributed by atoms with van der Waals surface area (Å²) in [6.07, 6.45) is 0.432. The van der Waals surface area contributed by atoms with Crippen molar-refractivity contribution in [2.45, 2.75) is 6.42 Å². The van der Waals surface area contributed by atoms with Crippen LogP contribution >= 0.6 is 0 Å². The molecule has 0 saturated heterocycles. The molecule has 112 valence electrons. The standard InChI is InChI=1S/C18H18N2O2/c19-12-7-13-20(17-10-5-2-6-11-17)14-15-22-18(21)16-8-3-1-4-9-16/h1-6,8-11H,7,13-15H2. The van der Waals surface area contributed by atoms with E-state index in [9.17, 15) is 4.79 Å². The van der Waals surface area contributed by atoms with E-state index in [0.717, 1.165) is 5.69 Å². The number of nitrogens with zero attached hydrogens (tertiary/aromatic N) is 2. The predicted molar refractivity (Wildman–Crippen MR) is 85.6 cm³/mol. The summed E-state index contributed by atoms with van der Waals surface area (Å²) in [7, 11) is 0. The van der Waals surface area contributed by atoms with Gasteiger partial charge in [0.15, 0.2) is 0 Å². The lowest BCUT2D eigenvalue weighted by molar-refractivity contribution is 0.0515. The molecule has 0 spiro atoms. The van der Waals surface area contributed by atoms with Gasteiger partial charge in [0.1, 0.15) is 6.61 Å². The van der Waals surface area contributed by atoms with Crippen molar-refractivity contribution < 1.29 is 9.53 Å². The third-order valence-electron chi connectivity index (χ3n) is 3.22. The van der Waals surface area contributed by atoms with Crippen LogP contribution in [0.2, 0.25) is 0 Å². The molecule has 2 aromatic carbocycles. The Hall–Kier alpha value is -2.80. The largest absolute Gasteiger partial charge is 0.460 e. The van der Waals surface area contributed by atoms with Crippen LogP contribution in [0, 0.1) is 11.3 Å². The maximum Gasteiger partial charge on any atom is 0.338 e. The summed E-state index contributed by atoms with van der Waals surface area (Å²) >= 11 is 0. The van der Waals surface area contributed by atoms with Crippen LogP contribution in [-0.2, 0) is 4.74 Å². The van der Waals surface area contributed by atoms with E-state index in [1.54, 1.807) is 24.3 Å². The van der Waals surface area contributed by atoms with E-state index in [2.05, 4.69) is 6.07 Å². The molecule has 2 aromatic rings. The summed E-state index contributed by atoms with van der Waals surface area (Å²) in [5.41, 5.74) is 1.57. The number of hydrogen-bond donors (Lipinski definition) is 0. The predicted octanol–water partition coefficient (Wildman–Crippen LogP) is 3.26. The lowest BCUT2D eigenvalue weighted by atomic mass is 10.2. The first kappa shape index (κ1) is 15.6. The highest BCUT2D eigenvalue weighted by molar-refractivity contribution is 5.89. The maximum absolute atomic E-state index is 11.9. The molecule has 0 radical (unpaired) electrons. The van der Waals surface area contributed by atoms with E-state index in [1.807, 2.05) is 41.3 Å². The molecule has 4 heteroatoms. The molecule has 0 unspecified atom stereocenters. The van der Waals surface area contributed by atoms with E-state index in [1.165, 1.54) is 0 Å². The van der Waals surface area contributed by atoms with Gasteiger partial charge in [-0.3, -0.25) is 0 Å². The number of anilines is 1. The number of esters is 1. The second kappa shape index (κ2) is 8.48. The molecule has 0 fully saturated rings. The summed E-state index contributed by atoms with van der Waals surface area (Å²) in [6, 6.07) is 20.9. The van der Waals surface area contributed by atoms with Crippen molar-refractivity contribution in [3.05, 3.63) is 66.2 Å². The topological polar surface area (TPSA) is 53.3 Å². The Balaban J connectivity index is 1.89. The number of para-hydroxylation sites is 1. The van der Waals surface area contributed by atoms with Crippen molar-refractivity contribution in [2.24, 2.45) is 0 Å². The van der Waals surface area contributed by atoms with Gasteiger partial charge in [-0.15, -0.1) is 0 Å². The number of carbonyl (C=O) groups excluding carboxylic acids is 1. The third-order valence-corrected chi connectivity index (χ3v) is 3.22. The van der Waals surface area contributed by atoms with Gasteiger partial charge >= 0.3 is 5.97 Å². The van der Waals surface area contributed by atoms with Crippen molar-refractivity contribution >= 4 is 11.7 Å². The van der Waals surface area contributed by atoms with Gasteiger partial charge in [0, 0.05) is 12.2 Å². The quantitative estimate of drug-likeness (QED) is 0.735. The van der Waals surface area contributed by atoms with E-state index in [-0.39, 0.29) is 12.6 Å². The van der Waals surface area contributed by atoms with Gasteiger partial charge in [0.25, 0.3) is 0 Å². The third kappa shape index (κ3) is 4.64. The summed E-state index contributed by atoms with van der Waals surface area (Å²) < 4.78 is 5.30. The smallest absolute Gasteiger partial charge is 0.338 e. The molecule has 0 N–H and O–H groups in total. The summed E-state index contributed by atoms with van der Waals surface area (Å²) in [4.78, 5) is 13.9. The molecule has 4 nitrogen and oxygen atoms in total. The van der Waals surface area contributed by atoms with E-state index in [0.29, 0.717) is 25.1 Å². The molecule has 0 saturated carbocycles. The van der Waals surface area contributed by atoms with Gasteiger partial charge in [0.2, 0.25) is 0 Å². The molecule has 0 heterocycles. The van der Waals surface area contributed by atoms with Crippen molar-refractivity contribution in [3.63, 3.8) is 0 Å². The van der Waals surface area contributed by atoms with Gasteiger partial charge in [-0.25, -0.2) is 4.79 Å². The lowest BCUT2D eigenvalue weighted by Crippen LogP contribution is -2.29. The average Bonchev–Trinajstić information content (AvgIpc) is 2.59. The highest BCUT2D eigenvalue weighted by Crippen LogP contribution is 2.13. The zero-order valence-electron chi connectivity index (χ0n) is 12.3. The molecule has 0 aliphatic heterocycles. The second-order valence-corrected chi connectivity index (χ2v) is 4.73. The number of ether oxygens (including phenoxy) is 1. The van der Waals surface area contributed by atoms with Crippen LogP contribution in [0.4, 0.5) is 5.69 Å².